The third-order valence-corrected chi connectivity index (χ3v) is 0. The fourth-order valence-electron chi connectivity index (χ4n) is 0. The first-order valence-corrected chi connectivity index (χ1v) is 4.18. The molecule has 72 valence electrons. The predicted octanol–water partition coefficient (Wildman–Crippen LogP) is -0.302. The maximum atomic E-state index is 9.15. The minimum absolute atomic E-state index is 0. The Balaban J connectivity index is -0.0000000171. The van der Waals surface area contributed by atoms with Gasteiger partial charge in [0.15, 0.2) is 6.66 Å². The summed E-state index contributed by atoms with van der Waals surface area (Å²) < 4.78 is 17.7. The molecular weight excluding hydrogens is 194 g/mol. The molecule has 0 spiro atoms. The van der Waals surface area contributed by atoms with Gasteiger partial charge in [-0.05, 0) is 9.13 Å². The molecule has 0 aliphatic heterocycles. The molecule has 0 saturated carbocycles. The van der Waals surface area contributed by atoms with Gasteiger partial charge in [0.25, 0.3) is 0 Å². The molecule has 2 atom stereocenters. The highest BCUT2D eigenvalue weighted by Crippen LogP contribution is 1.99. The lowest BCUT2D eigenvalue weighted by molar-refractivity contribution is -0.180. The molecule has 5 N–H and O–H groups in total. The Kier molecular flexibility index (Phi) is 62.4. The van der Waals surface area contributed by atoms with Gasteiger partial charge >= 0.3 is 16.3 Å². The van der Waals surface area contributed by atoms with Crippen LogP contribution >= 0.6 is 16.3 Å². The van der Waals surface area contributed by atoms with Gasteiger partial charge in [0.2, 0.25) is 0 Å². The molecule has 0 amide bonds. The van der Waals surface area contributed by atoms with Crippen LogP contribution in [0.1, 0.15) is 14.9 Å². The first kappa shape index (κ1) is 30.5. The molecular formula is C3H16O6P2+2. The molecule has 2 unspecified atom stereocenters. The molecule has 0 aliphatic rings. The van der Waals surface area contributed by atoms with Crippen LogP contribution in [0.4, 0.5) is 0 Å². The molecule has 0 radical (unpaired) electrons. The third-order valence-electron chi connectivity index (χ3n) is 0. The highest BCUT2D eigenvalue weighted by molar-refractivity contribution is 7.36. The summed E-state index contributed by atoms with van der Waals surface area (Å²) in [5.74, 6) is 0. The maximum Gasteiger partial charge on any atom is 0.502 e. The van der Waals surface area contributed by atoms with E-state index >= 15 is 0 Å². The van der Waals surface area contributed by atoms with Crippen molar-refractivity contribution in [1.82, 2.24) is 0 Å². The molecule has 0 rings (SSSR count). The van der Waals surface area contributed by atoms with E-state index in [1.165, 1.54) is 6.66 Å². The zero-order valence-corrected chi connectivity index (χ0v) is 6.38. The topological polar surface area (TPSA) is 131 Å². The van der Waals surface area contributed by atoms with E-state index in [0.29, 0.717) is 0 Å². The first-order valence-electron chi connectivity index (χ1n) is 1.39. The second-order valence-corrected chi connectivity index (χ2v) is 2.11. The van der Waals surface area contributed by atoms with Gasteiger partial charge in [0.05, 0.1) is 0 Å². The number of rotatable bonds is 0. The zero-order valence-electron chi connectivity index (χ0n) is 4.59. The molecule has 8 heteroatoms. The van der Waals surface area contributed by atoms with Gasteiger partial charge in [0, 0.05) is 0 Å². The Morgan fingerprint density at radius 2 is 1.18 bits per heavy atom. The Morgan fingerprint density at radius 1 is 1.18 bits per heavy atom. The van der Waals surface area contributed by atoms with E-state index in [-0.39, 0.29) is 20.3 Å². The van der Waals surface area contributed by atoms with Gasteiger partial charge in [-0.15, -0.1) is 0 Å². The third kappa shape index (κ3) is 406000. The van der Waals surface area contributed by atoms with Crippen LogP contribution in [0.5, 0.6) is 0 Å². The van der Waals surface area contributed by atoms with Crippen molar-refractivity contribution in [2.45, 2.75) is 14.9 Å². The summed E-state index contributed by atoms with van der Waals surface area (Å²) in [6.45, 7) is 1.23. The summed E-state index contributed by atoms with van der Waals surface area (Å²) in [6, 6.07) is 0. The van der Waals surface area contributed by atoms with Crippen LogP contribution in [0.15, 0.2) is 0 Å². The smallest absolute Gasteiger partial charge is 0.502 e. The van der Waals surface area contributed by atoms with Crippen LogP contribution in [0.2, 0.25) is 0 Å². The Labute approximate surface area is 68.0 Å². The van der Waals surface area contributed by atoms with Crippen molar-refractivity contribution in [2.75, 3.05) is 6.66 Å². The number of hydrogen-bond donors (Lipinski definition) is 2. The quantitative estimate of drug-likeness (QED) is 0.418. The lowest BCUT2D eigenvalue weighted by atomic mass is 12.0. The summed E-state index contributed by atoms with van der Waals surface area (Å²) in [7, 11) is -4.99. The van der Waals surface area contributed by atoms with Crippen molar-refractivity contribution in [1.29, 1.82) is 0 Å². The van der Waals surface area contributed by atoms with E-state index in [0.717, 1.165) is 0 Å². The zero-order chi connectivity index (χ0) is 7.15. The van der Waals surface area contributed by atoms with Gasteiger partial charge < -0.3 is 10.4 Å². The van der Waals surface area contributed by atoms with E-state index in [1.807, 2.05) is 0 Å². The maximum absolute atomic E-state index is 9.15. The standard InChI is InChI=1S/CH3O2P.2CH4.HO3P.H2O/c1-4(2)3;;;1-4(2)3;/h1H3;2*1H4;(H,1,2,3);1H2/p+2. The van der Waals surface area contributed by atoms with Crippen LogP contribution < -0.4 is 4.89 Å². The van der Waals surface area contributed by atoms with E-state index in [2.05, 4.69) is 0 Å². The van der Waals surface area contributed by atoms with E-state index in [4.69, 9.17) is 23.8 Å². The van der Waals surface area contributed by atoms with Gasteiger partial charge in [-0.2, -0.15) is 9.79 Å². The van der Waals surface area contributed by atoms with Crippen molar-refractivity contribution in [3.8, 4) is 0 Å². The summed E-state index contributed by atoms with van der Waals surface area (Å²) in [5.41, 5.74) is 0. The predicted molar refractivity (Wildman–Crippen MR) is 43.9 cm³/mol. The van der Waals surface area contributed by atoms with Crippen molar-refractivity contribution < 1.29 is 29.3 Å². The molecule has 11 heavy (non-hydrogen) atoms. The second kappa shape index (κ2) is 22.5. The lowest BCUT2D eigenvalue weighted by Crippen LogP contribution is -1.78. The van der Waals surface area contributed by atoms with Crippen molar-refractivity contribution in [3.63, 3.8) is 0 Å². The molecule has 0 heterocycles. The van der Waals surface area contributed by atoms with Gasteiger partial charge in [0.1, 0.15) is 0 Å². The van der Waals surface area contributed by atoms with Gasteiger partial charge in [-0.3, -0.25) is 0 Å². The summed E-state index contributed by atoms with van der Waals surface area (Å²) in [5, 5.41) is 0. The normalized spacial score (nSPS) is 8.00. The molecule has 0 aliphatic carbocycles. The fourth-order valence-corrected chi connectivity index (χ4v) is 0. The largest absolute Gasteiger partial charge is 0.567 e. The second-order valence-electron chi connectivity index (χ2n) is 0.702. The molecule has 0 fully saturated rings. The van der Waals surface area contributed by atoms with Crippen LogP contribution in [0.25, 0.3) is 0 Å². The van der Waals surface area contributed by atoms with Crippen LogP contribution in [0.3, 0.4) is 0 Å². The number of hydrogen-bond acceptors (Lipinski definition) is 3. The monoisotopic (exact) mass is 210 g/mol. The Bertz CT molecular complexity index is 73.8. The van der Waals surface area contributed by atoms with Crippen molar-refractivity contribution in [2.24, 2.45) is 0 Å². The summed E-state index contributed by atoms with van der Waals surface area (Å²) >= 11 is 0. The van der Waals surface area contributed by atoms with E-state index in [9.17, 15) is 0 Å². The molecule has 0 aromatic rings. The average Bonchev–Trinajstić information content (AvgIpc) is 1.25. The van der Waals surface area contributed by atoms with E-state index < -0.39 is 16.3 Å². The summed E-state index contributed by atoms with van der Waals surface area (Å²) in [6.07, 6.45) is 0. The SMILES string of the molecule is C.C.C[P+](=O)O.O=[P+]([O-])O.[OH3+]. The Morgan fingerprint density at radius 3 is 1.18 bits per heavy atom. The van der Waals surface area contributed by atoms with Crippen LogP contribution in [-0.2, 0) is 14.6 Å². The minimum atomic E-state index is -3.12. The average molecular weight is 210 g/mol. The van der Waals surface area contributed by atoms with E-state index in [1.54, 1.807) is 0 Å². The molecule has 0 saturated heterocycles. The minimum Gasteiger partial charge on any atom is -0.567 e. The lowest BCUT2D eigenvalue weighted by Gasteiger charge is -1.56. The van der Waals surface area contributed by atoms with Crippen LogP contribution in [0, 0.1) is 0 Å². The van der Waals surface area contributed by atoms with Crippen molar-refractivity contribution >= 4 is 16.3 Å². The van der Waals surface area contributed by atoms with Gasteiger partial charge in [-0.25, -0.2) is 0 Å². The van der Waals surface area contributed by atoms with Gasteiger partial charge in [-0.1, -0.05) is 14.9 Å². The molecule has 0 aromatic carbocycles. The molecule has 0 bridgehead atoms. The first-order chi connectivity index (χ1) is 3.46. The Hall–Kier alpha value is 0.0400. The summed E-state index contributed by atoms with van der Waals surface area (Å²) in [4.78, 5) is 23.2. The highest BCUT2D eigenvalue weighted by Gasteiger charge is 1.86. The molecule has 0 aromatic heterocycles. The fraction of sp³-hybridized carbons (Fsp3) is 1.00. The molecule has 6 nitrogen and oxygen atoms in total. The van der Waals surface area contributed by atoms with Crippen molar-refractivity contribution in [3.05, 3.63) is 0 Å². The highest BCUT2D eigenvalue weighted by atomic mass is 31.1. The van der Waals surface area contributed by atoms with Crippen LogP contribution in [-0.4, -0.2) is 16.5 Å².